The molecule has 1 fully saturated rings. The van der Waals surface area contributed by atoms with E-state index in [1.165, 1.54) is 0 Å². The van der Waals surface area contributed by atoms with Crippen molar-refractivity contribution in [3.8, 4) is 11.3 Å². The lowest BCUT2D eigenvalue weighted by atomic mass is 9.72. The number of nitrogen functional groups attached to an aromatic ring is 1. The van der Waals surface area contributed by atoms with Crippen LogP contribution < -0.4 is 5.73 Å². The number of anilines is 1. The Morgan fingerprint density at radius 1 is 1.06 bits per heavy atom. The average molecular weight is 415 g/mol. The number of rotatable bonds is 4. The van der Waals surface area contributed by atoms with Gasteiger partial charge in [-0.1, -0.05) is 54.6 Å². The molecule has 2 heterocycles. The average Bonchev–Trinajstić information content (AvgIpc) is 3.13. The number of nitrogens with two attached hydrogens (primary N) is 1. The highest BCUT2D eigenvalue weighted by molar-refractivity contribution is 5.85. The molecule has 2 aromatic carbocycles. The fourth-order valence-corrected chi connectivity index (χ4v) is 4.64. The summed E-state index contributed by atoms with van der Waals surface area (Å²) in [5, 5.41) is 21.3. The summed E-state index contributed by atoms with van der Waals surface area (Å²) >= 11 is 0. The smallest absolute Gasteiger partial charge is 0.150 e. The minimum Gasteiger partial charge on any atom is -0.390 e. The molecule has 6 heteroatoms. The van der Waals surface area contributed by atoms with Crippen LogP contribution in [0.5, 0.6) is 0 Å². The van der Waals surface area contributed by atoms with Gasteiger partial charge in [-0.15, -0.1) is 0 Å². The summed E-state index contributed by atoms with van der Waals surface area (Å²) in [5.74, 6) is 1.49. The highest BCUT2D eigenvalue weighted by Crippen LogP contribution is 2.45. The number of benzene rings is 2. The Morgan fingerprint density at radius 3 is 2.35 bits per heavy atom. The van der Waals surface area contributed by atoms with Crippen molar-refractivity contribution >= 4 is 11.3 Å². The largest absolute Gasteiger partial charge is 0.390 e. The van der Waals surface area contributed by atoms with Crippen molar-refractivity contribution in [1.82, 2.24) is 14.4 Å². The van der Waals surface area contributed by atoms with Crippen molar-refractivity contribution in [2.75, 3.05) is 5.73 Å². The van der Waals surface area contributed by atoms with Crippen molar-refractivity contribution in [2.45, 2.75) is 43.8 Å². The van der Waals surface area contributed by atoms with E-state index in [1.54, 1.807) is 13.1 Å². The van der Waals surface area contributed by atoms with Gasteiger partial charge >= 0.3 is 0 Å². The molecule has 0 unspecified atom stereocenters. The molecule has 0 saturated heterocycles. The van der Waals surface area contributed by atoms with Gasteiger partial charge < -0.3 is 15.9 Å². The van der Waals surface area contributed by atoms with E-state index in [1.807, 2.05) is 72.1 Å². The molecule has 1 aliphatic carbocycles. The molecule has 0 amide bonds. The third-order valence-corrected chi connectivity index (χ3v) is 6.40. The molecule has 0 aliphatic heterocycles. The molecule has 0 radical (unpaired) electrons. The van der Waals surface area contributed by atoms with Crippen LogP contribution in [-0.4, -0.2) is 30.2 Å². The molecule has 31 heavy (non-hydrogen) atoms. The molecular formula is C25H26N4O2. The third-order valence-electron chi connectivity index (χ3n) is 6.40. The Labute approximate surface area is 181 Å². The summed E-state index contributed by atoms with van der Waals surface area (Å²) in [6.45, 7) is 3.65. The Hall–Kier alpha value is -3.22. The van der Waals surface area contributed by atoms with Crippen LogP contribution in [0.1, 0.15) is 49.6 Å². The van der Waals surface area contributed by atoms with Gasteiger partial charge in [-0.25, -0.2) is 9.97 Å². The highest BCUT2D eigenvalue weighted by atomic mass is 16.3. The Morgan fingerprint density at radius 2 is 1.71 bits per heavy atom. The lowest BCUT2D eigenvalue weighted by Gasteiger charge is -2.40. The lowest BCUT2D eigenvalue weighted by Crippen LogP contribution is -2.40. The number of fused-ring (bicyclic) bond motifs is 1. The number of hydrogen-bond donors (Lipinski definition) is 3. The molecule has 4 N–H and O–H groups in total. The molecule has 6 nitrogen and oxygen atoms in total. The van der Waals surface area contributed by atoms with E-state index in [2.05, 4.69) is 4.98 Å². The SMILES string of the molecule is C[C@](O)(c1ccccc1)c1ccc(-c2nc([C@H]3C[C@@](C)(O)C3)n3ccnc(N)c23)cc1. The predicted octanol–water partition coefficient (Wildman–Crippen LogP) is 3.86. The lowest BCUT2D eigenvalue weighted by molar-refractivity contribution is -0.0335. The highest BCUT2D eigenvalue weighted by Gasteiger charge is 2.41. The topological polar surface area (TPSA) is 96.7 Å². The van der Waals surface area contributed by atoms with E-state index in [0.29, 0.717) is 18.7 Å². The summed E-state index contributed by atoms with van der Waals surface area (Å²) < 4.78 is 1.99. The minimum absolute atomic E-state index is 0.177. The van der Waals surface area contributed by atoms with Crippen molar-refractivity contribution < 1.29 is 10.2 Å². The molecule has 1 saturated carbocycles. The molecular weight excluding hydrogens is 388 g/mol. The summed E-state index contributed by atoms with van der Waals surface area (Å²) in [6, 6.07) is 17.4. The van der Waals surface area contributed by atoms with Crippen LogP contribution >= 0.6 is 0 Å². The van der Waals surface area contributed by atoms with Crippen LogP contribution in [0.25, 0.3) is 16.8 Å². The molecule has 0 bridgehead atoms. The third kappa shape index (κ3) is 3.28. The molecule has 158 valence electrons. The van der Waals surface area contributed by atoms with Gasteiger partial charge in [-0.2, -0.15) is 0 Å². The van der Waals surface area contributed by atoms with Crippen LogP contribution in [0.3, 0.4) is 0 Å². The number of aliphatic hydroxyl groups is 2. The Balaban J connectivity index is 1.56. The summed E-state index contributed by atoms with van der Waals surface area (Å²) in [5.41, 5.74) is 8.57. The second-order valence-electron chi connectivity index (χ2n) is 8.97. The van der Waals surface area contributed by atoms with Crippen LogP contribution in [0, 0.1) is 0 Å². The zero-order chi connectivity index (χ0) is 21.8. The summed E-state index contributed by atoms with van der Waals surface area (Å²) in [4.78, 5) is 9.19. The van der Waals surface area contributed by atoms with Gasteiger partial charge in [0, 0.05) is 23.9 Å². The normalized spacial score (nSPS) is 22.8. The second kappa shape index (κ2) is 6.90. The van der Waals surface area contributed by atoms with Gasteiger partial charge in [0.05, 0.1) is 5.60 Å². The summed E-state index contributed by atoms with van der Waals surface area (Å²) in [6.07, 6.45) is 4.90. The fourth-order valence-electron chi connectivity index (χ4n) is 4.64. The molecule has 4 aromatic rings. The van der Waals surface area contributed by atoms with Gasteiger partial charge in [-0.3, -0.25) is 4.40 Å². The van der Waals surface area contributed by atoms with Gasteiger partial charge in [0.2, 0.25) is 0 Å². The zero-order valence-electron chi connectivity index (χ0n) is 17.7. The molecule has 1 aliphatic rings. The maximum Gasteiger partial charge on any atom is 0.150 e. The maximum atomic E-state index is 11.1. The zero-order valence-corrected chi connectivity index (χ0v) is 17.7. The van der Waals surface area contributed by atoms with E-state index in [4.69, 9.17) is 10.7 Å². The van der Waals surface area contributed by atoms with Crippen LogP contribution in [0.15, 0.2) is 67.0 Å². The molecule has 2 aromatic heterocycles. The van der Waals surface area contributed by atoms with Gasteiger partial charge in [0.1, 0.15) is 28.5 Å². The van der Waals surface area contributed by atoms with E-state index in [0.717, 1.165) is 33.7 Å². The van der Waals surface area contributed by atoms with E-state index < -0.39 is 11.2 Å². The fraction of sp³-hybridized carbons (Fsp3) is 0.280. The van der Waals surface area contributed by atoms with Gasteiger partial charge in [-0.05, 0) is 37.8 Å². The van der Waals surface area contributed by atoms with Crippen molar-refractivity contribution in [1.29, 1.82) is 0 Å². The molecule has 1 atom stereocenters. The quantitative estimate of drug-likeness (QED) is 0.471. The van der Waals surface area contributed by atoms with E-state index in [9.17, 15) is 10.2 Å². The van der Waals surface area contributed by atoms with Crippen molar-refractivity contribution in [2.24, 2.45) is 0 Å². The number of nitrogens with zero attached hydrogens (tertiary/aromatic N) is 3. The van der Waals surface area contributed by atoms with Crippen LogP contribution in [0.4, 0.5) is 5.82 Å². The number of aromatic nitrogens is 3. The van der Waals surface area contributed by atoms with Crippen LogP contribution in [-0.2, 0) is 5.60 Å². The van der Waals surface area contributed by atoms with Gasteiger partial charge in [0.25, 0.3) is 0 Å². The van der Waals surface area contributed by atoms with Crippen molar-refractivity contribution in [3.63, 3.8) is 0 Å². The second-order valence-corrected chi connectivity index (χ2v) is 8.97. The number of hydrogen-bond acceptors (Lipinski definition) is 5. The first-order valence-corrected chi connectivity index (χ1v) is 10.5. The predicted molar refractivity (Wildman–Crippen MR) is 121 cm³/mol. The standard InChI is InChI=1S/C25H26N4O2/c1-24(30)14-17(15-24)23-28-20(21-22(26)27-12-13-29(21)23)16-8-10-19(11-9-16)25(2,31)18-6-4-3-5-7-18/h3-13,17,30-31H,14-15H2,1-2H3,(H2,26,27)/t17-,24+,25-/m0/s1. The first kappa shape index (κ1) is 19.7. The first-order valence-electron chi connectivity index (χ1n) is 10.5. The Kier molecular flexibility index (Phi) is 4.39. The van der Waals surface area contributed by atoms with Crippen molar-refractivity contribution in [3.05, 3.63) is 83.9 Å². The molecule has 0 spiro atoms. The van der Waals surface area contributed by atoms with Gasteiger partial charge in [0.15, 0.2) is 0 Å². The van der Waals surface area contributed by atoms with E-state index >= 15 is 0 Å². The minimum atomic E-state index is -1.10. The van der Waals surface area contributed by atoms with E-state index in [-0.39, 0.29) is 5.92 Å². The maximum absolute atomic E-state index is 11.1. The monoisotopic (exact) mass is 414 g/mol. The first-order chi connectivity index (χ1) is 14.8. The summed E-state index contributed by atoms with van der Waals surface area (Å²) in [7, 11) is 0. The van der Waals surface area contributed by atoms with Crippen LogP contribution in [0.2, 0.25) is 0 Å². The number of imidazole rings is 1. The Bertz CT molecular complexity index is 1240. The molecule has 5 rings (SSSR count).